The van der Waals surface area contributed by atoms with Gasteiger partial charge in [-0.2, -0.15) is 22.0 Å². The molecule has 0 heterocycles. The van der Waals surface area contributed by atoms with Crippen molar-refractivity contribution in [3.63, 3.8) is 0 Å². The molecule has 0 saturated heterocycles. The molecular formula is C11H13F5O4. The Balaban J connectivity index is 5.80. The third-order valence-electron chi connectivity index (χ3n) is 2.53. The van der Waals surface area contributed by atoms with Gasteiger partial charge in [-0.15, -0.1) is 0 Å². The average Bonchev–Trinajstić information content (AvgIpc) is 2.25. The zero-order chi connectivity index (χ0) is 16.4. The molecule has 0 bridgehead atoms. The Bertz CT molecular complexity index is 416. The third-order valence-corrected chi connectivity index (χ3v) is 2.53. The molecule has 0 spiro atoms. The molecule has 20 heavy (non-hydrogen) atoms. The van der Waals surface area contributed by atoms with Crippen LogP contribution in [0.25, 0.3) is 0 Å². The Hall–Kier alpha value is -1.67. The summed E-state index contributed by atoms with van der Waals surface area (Å²) in [6, 6.07) is 0. The van der Waals surface area contributed by atoms with Gasteiger partial charge in [-0.25, -0.2) is 9.59 Å². The van der Waals surface area contributed by atoms with Crippen LogP contribution in [0.3, 0.4) is 0 Å². The van der Waals surface area contributed by atoms with E-state index in [9.17, 15) is 31.5 Å². The molecule has 9 heteroatoms. The number of carboxylic acids is 1. The number of hydrogen-bond donors (Lipinski definition) is 1. The predicted octanol–water partition coefficient (Wildman–Crippen LogP) is 2.93. The fraction of sp³-hybridized carbons (Fsp3) is 0.636. The lowest BCUT2D eigenvalue weighted by atomic mass is 9.88. The Kier molecular flexibility index (Phi) is 5.28. The van der Waals surface area contributed by atoms with Crippen LogP contribution in [0.15, 0.2) is 12.2 Å². The highest BCUT2D eigenvalue weighted by Crippen LogP contribution is 2.43. The predicted molar refractivity (Wildman–Crippen MR) is 57.2 cm³/mol. The molecule has 1 N–H and O–H groups in total. The summed E-state index contributed by atoms with van der Waals surface area (Å²) in [5, 5.41) is 8.43. The maximum Gasteiger partial charge on any atom is 0.393 e. The Morgan fingerprint density at radius 2 is 1.65 bits per heavy atom. The van der Waals surface area contributed by atoms with Crippen LogP contribution < -0.4 is 0 Å². The summed E-state index contributed by atoms with van der Waals surface area (Å²) < 4.78 is 68.7. The van der Waals surface area contributed by atoms with E-state index in [4.69, 9.17) is 5.11 Å². The van der Waals surface area contributed by atoms with Crippen molar-refractivity contribution < 1.29 is 41.4 Å². The van der Waals surface area contributed by atoms with Gasteiger partial charge in [0.25, 0.3) is 0 Å². The Labute approximate surface area is 111 Å². The van der Waals surface area contributed by atoms with Crippen LogP contribution in [0, 0.1) is 0 Å². The highest BCUT2D eigenvalue weighted by atomic mass is 19.4. The maximum absolute atomic E-state index is 13.6. The third kappa shape index (κ3) is 3.91. The van der Waals surface area contributed by atoms with Gasteiger partial charge in [-0.3, -0.25) is 0 Å². The van der Waals surface area contributed by atoms with E-state index in [1.807, 2.05) is 0 Å². The molecule has 0 saturated carbocycles. The summed E-state index contributed by atoms with van der Waals surface area (Å²) >= 11 is 0. The minimum atomic E-state index is -5.15. The molecule has 116 valence electrons. The standard InChI is InChI=1S/C11H13F5O4/c1-4-9(5-10(12,13)14,11(15,16)8(18)19)20-7(17)6(2)3/h2,4-5H2,1,3H3,(H,18,19). The van der Waals surface area contributed by atoms with Crippen LogP contribution in [0.5, 0.6) is 0 Å². The van der Waals surface area contributed by atoms with Gasteiger partial charge in [0.15, 0.2) is 5.60 Å². The van der Waals surface area contributed by atoms with E-state index in [-0.39, 0.29) is 0 Å². The number of carbonyl (C=O) groups is 2. The minimum absolute atomic E-state index is 0.425. The molecule has 1 unspecified atom stereocenters. The highest BCUT2D eigenvalue weighted by molar-refractivity contribution is 5.88. The molecule has 1 atom stereocenters. The van der Waals surface area contributed by atoms with Gasteiger partial charge in [0.1, 0.15) is 0 Å². The zero-order valence-corrected chi connectivity index (χ0v) is 10.7. The number of carboxylic acid groups (broad SMARTS) is 1. The second-order valence-corrected chi connectivity index (χ2v) is 4.19. The number of esters is 1. The second kappa shape index (κ2) is 5.76. The molecule has 0 aromatic carbocycles. The van der Waals surface area contributed by atoms with Crippen molar-refractivity contribution in [1.82, 2.24) is 0 Å². The van der Waals surface area contributed by atoms with Gasteiger partial charge in [-0.05, 0) is 13.3 Å². The van der Waals surface area contributed by atoms with Gasteiger partial charge in [0.05, 0.1) is 6.42 Å². The average molecular weight is 304 g/mol. The number of alkyl halides is 5. The lowest BCUT2D eigenvalue weighted by Gasteiger charge is -2.37. The van der Waals surface area contributed by atoms with Gasteiger partial charge in [-0.1, -0.05) is 13.5 Å². The summed E-state index contributed by atoms with van der Waals surface area (Å²) in [5.41, 5.74) is -3.95. The molecule has 0 radical (unpaired) electrons. The molecule has 4 nitrogen and oxygen atoms in total. The topological polar surface area (TPSA) is 63.6 Å². The second-order valence-electron chi connectivity index (χ2n) is 4.19. The van der Waals surface area contributed by atoms with Crippen LogP contribution in [-0.4, -0.2) is 34.7 Å². The number of aliphatic carboxylic acids is 1. The summed E-state index contributed by atoms with van der Waals surface area (Å²) in [4.78, 5) is 21.8. The van der Waals surface area contributed by atoms with E-state index in [0.717, 1.165) is 13.8 Å². The van der Waals surface area contributed by atoms with Crippen LogP contribution in [0.4, 0.5) is 22.0 Å². The van der Waals surface area contributed by atoms with Crippen molar-refractivity contribution >= 4 is 11.9 Å². The molecule has 0 aliphatic heterocycles. The molecule has 0 aliphatic carbocycles. The normalized spacial score (nSPS) is 15.3. The van der Waals surface area contributed by atoms with Gasteiger partial charge >= 0.3 is 24.0 Å². The first kappa shape index (κ1) is 18.3. The van der Waals surface area contributed by atoms with E-state index in [1.54, 1.807) is 0 Å². The zero-order valence-electron chi connectivity index (χ0n) is 10.7. The van der Waals surface area contributed by atoms with E-state index in [0.29, 0.717) is 0 Å². The minimum Gasteiger partial charge on any atom is -0.477 e. The lowest BCUT2D eigenvalue weighted by molar-refractivity contribution is -0.254. The quantitative estimate of drug-likeness (QED) is 0.465. The largest absolute Gasteiger partial charge is 0.477 e. The van der Waals surface area contributed by atoms with Crippen LogP contribution in [-0.2, 0) is 14.3 Å². The van der Waals surface area contributed by atoms with Gasteiger partial charge in [0, 0.05) is 5.57 Å². The van der Waals surface area contributed by atoms with Crippen LogP contribution >= 0.6 is 0 Å². The first-order chi connectivity index (χ1) is 8.79. The molecule has 0 fully saturated rings. The van der Waals surface area contributed by atoms with Crippen LogP contribution in [0.2, 0.25) is 0 Å². The number of ether oxygens (including phenoxy) is 1. The maximum atomic E-state index is 13.6. The molecule has 0 aromatic heterocycles. The number of hydrogen-bond acceptors (Lipinski definition) is 3. The SMILES string of the molecule is C=C(C)C(=O)OC(CC)(CC(F)(F)F)C(F)(F)C(=O)O. The lowest BCUT2D eigenvalue weighted by Crippen LogP contribution is -2.57. The van der Waals surface area contributed by atoms with E-state index < -0.39 is 48.1 Å². The number of rotatable bonds is 6. The Morgan fingerprint density at radius 1 is 1.20 bits per heavy atom. The molecule has 0 amide bonds. The van der Waals surface area contributed by atoms with Gasteiger partial charge in [0.2, 0.25) is 0 Å². The van der Waals surface area contributed by atoms with E-state index in [2.05, 4.69) is 11.3 Å². The number of halogens is 5. The summed E-state index contributed by atoms with van der Waals surface area (Å²) in [5.74, 6) is -9.22. The first-order valence-corrected chi connectivity index (χ1v) is 5.36. The first-order valence-electron chi connectivity index (χ1n) is 5.36. The van der Waals surface area contributed by atoms with Crippen molar-refractivity contribution in [3.05, 3.63) is 12.2 Å². The van der Waals surface area contributed by atoms with Crippen LogP contribution in [0.1, 0.15) is 26.7 Å². The number of carbonyl (C=O) groups excluding carboxylic acids is 1. The summed E-state index contributed by atoms with van der Waals surface area (Å²) in [6.07, 6.45) is -8.47. The van der Waals surface area contributed by atoms with Gasteiger partial charge < -0.3 is 9.84 Å². The monoisotopic (exact) mass is 304 g/mol. The van der Waals surface area contributed by atoms with Crippen molar-refractivity contribution in [2.45, 2.75) is 44.4 Å². The summed E-state index contributed by atoms with van der Waals surface area (Å²) in [6.45, 7) is 4.96. The molecule has 0 aromatic rings. The van der Waals surface area contributed by atoms with Crippen molar-refractivity contribution in [2.24, 2.45) is 0 Å². The smallest absolute Gasteiger partial charge is 0.393 e. The molecule has 0 aliphatic rings. The summed E-state index contributed by atoms with van der Waals surface area (Å²) in [7, 11) is 0. The van der Waals surface area contributed by atoms with E-state index >= 15 is 0 Å². The van der Waals surface area contributed by atoms with E-state index in [1.165, 1.54) is 0 Å². The fourth-order valence-electron chi connectivity index (χ4n) is 1.41. The fourth-order valence-corrected chi connectivity index (χ4v) is 1.41. The van der Waals surface area contributed by atoms with Crippen molar-refractivity contribution in [2.75, 3.05) is 0 Å². The highest BCUT2D eigenvalue weighted by Gasteiger charge is 2.65. The molecular weight excluding hydrogens is 291 g/mol. The van der Waals surface area contributed by atoms with Crippen molar-refractivity contribution in [3.8, 4) is 0 Å². The molecule has 0 rings (SSSR count). The Morgan fingerprint density at radius 3 is 1.90 bits per heavy atom. The van der Waals surface area contributed by atoms with Crippen molar-refractivity contribution in [1.29, 1.82) is 0 Å².